The van der Waals surface area contributed by atoms with Crippen molar-refractivity contribution in [3.05, 3.63) is 40.7 Å². The van der Waals surface area contributed by atoms with Gasteiger partial charge in [-0.15, -0.1) is 0 Å². The molecule has 3 heterocycles. The van der Waals surface area contributed by atoms with Crippen molar-refractivity contribution in [1.82, 2.24) is 19.5 Å². The minimum Gasteiger partial charge on any atom is -0.387 e. The maximum atomic E-state index is 12.3. The molecule has 4 rings (SSSR count). The van der Waals surface area contributed by atoms with Gasteiger partial charge in [0.15, 0.2) is 17.4 Å². The normalized spacial score (nSPS) is 24.5. The summed E-state index contributed by atoms with van der Waals surface area (Å²) >= 11 is 0. The van der Waals surface area contributed by atoms with Crippen molar-refractivity contribution in [2.75, 3.05) is 12.3 Å². The molecular weight excluding hydrogens is 421 g/mol. The summed E-state index contributed by atoms with van der Waals surface area (Å²) in [6, 6.07) is 8.67. The molecule has 7 N–H and O–H groups in total. The van der Waals surface area contributed by atoms with E-state index in [-0.39, 0.29) is 22.9 Å². The first-order valence-electron chi connectivity index (χ1n) is 8.70. The molecule has 2 aromatic heterocycles. The number of phosphoric acid groups is 1. The van der Waals surface area contributed by atoms with Gasteiger partial charge in [0.05, 0.1) is 6.61 Å². The highest BCUT2D eigenvalue weighted by molar-refractivity contribution is 7.46. The molecule has 1 aliphatic heterocycles. The van der Waals surface area contributed by atoms with E-state index in [1.54, 1.807) is 30.3 Å². The van der Waals surface area contributed by atoms with Gasteiger partial charge in [0, 0.05) is 5.56 Å². The smallest absolute Gasteiger partial charge is 0.387 e. The van der Waals surface area contributed by atoms with Gasteiger partial charge in [-0.25, -0.2) is 9.55 Å². The number of nitrogen functional groups attached to an aromatic ring is 1. The molecule has 3 aromatic rings. The molecule has 4 atom stereocenters. The molecule has 1 saturated heterocycles. The summed E-state index contributed by atoms with van der Waals surface area (Å²) < 4.78 is 22.3. The predicted molar refractivity (Wildman–Crippen MR) is 102 cm³/mol. The van der Waals surface area contributed by atoms with Crippen LogP contribution in [0.15, 0.2) is 35.1 Å². The lowest BCUT2D eigenvalue weighted by molar-refractivity contribution is -0.0496. The zero-order valence-electron chi connectivity index (χ0n) is 15.2. The number of ether oxygens (including phenoxy) is 1. The number of nitrogens with two attached hydrogens (primary N) is 1. The number of aromatic nitrogens is 4. The number of aliphatic hydroxyl groups is 2. The lowest BCUT2D eigenvalue weighted by atomic mass is 10.1. The number of rotatable bonds is 5. The van der Waals surface area contributed by atoms with Crippen LogP contribution in [0, 0.1) is 0 Å². The number of imidazole rings is 1. The molecule has 0 bridgehead atoms. The predicted octanol–water partition coefficient (Wildman–Crippen LogP) is -0.903. The number of nitrogens with one attached hydrogen (secondary N) is 1. The van der Waals surface area contributed by atoms with Crippen LogP contribution in [0.3, 0.4) is 0 Å². The Morgan fingerprint density at radius 2 is 1.90 bits per heavy atom. The number of hydrogen-bond acceptors (Lipinski definition) is 9. The van der Waals surface area contributed by atoms with Gasteiger partial charge in [-0.05, 0) is 0 Å². The van der Waals surface area contributed by atoms with Gasteiger partial charge in [0.1, 0.15) is 24.1 Å². The van der Waals surface area contributed by atoms with Crippen molar-refractivity contribution in [1.29, 1.82) is 0 Å². The molecule has 0 saturated carbocycles. The van der Waals surface area contributed by atoms with Crippen LogP contribution in [-0.4, -0.2) is 64.4 Å². The molecule has 1 aliphatic rings. The average Bonchev–Trinajstić information content (AvgIpc) is 3.19. The summed E-state index contributed by atoms with van der Waals surface area (Å²) in [7, 11) is -4.82. The maximum absolute atomic E-state index is 12.3. The second-order valence-electron chi connectivity index (χ2n) is 6.63. The molecule has 30 heavy (non-hydrogen) atoms. The quantitative estimate of drug-likeness (QED) is 0.268. The van der Waals surface area contributed by atoms with Crippen LogP contribution in [0.1, 0.15) is 6.23 Å². The van der Waals surface area contributed by atoms with E-state index >= 15 is 0 Å². The van der Waals surface area contributed by atoms with Crippen LogP contribution >= 0.6 is 7.82 Å². The van der Waals surface area contributed by atoms with Gasteiger partial charge in [0.2, 0.25) is 5.95 Å². The lowest BCUT2D eigenvalue weighted by Gasteiger charge is -2.19. The number of benzene rings is 1. The number of aromatic amines is 1. The number of fused-ring (bicyclic) bond motifs is 1. The fourth-order valence-corrected chi connectivity index (χ4v) is 3.62. The highest BCUT2D eigenvalue weighted by Crippen LogP contribution is 2.39. The Morgan fingerprint density at radius 3 is 2.57 bits per heavy atom. The second kappa shape index (κ2) is 7.56. The third-order valence-corrected chi connectivity index (χ3v) is 5.08. The molecule has 0 amide bonds. The molecule has 0 aliphatic carbocycles. The van der Waals surface area contributed by atoms with Gasteiger partial charge in [-0.1, -0.05) is 30.3 Å². The number of phosphoric ester groups is 1. The van der Waals surface area contributed by atoms with Crippen molar-refractivity contribution in [2.45, 2.75) is 24.5 Å². The van der Waals surface area contributed by atoms with E-state index in [0.29, 0.717) is 5.56 Å². The first kappa shape index (κ1) is 20.6. The van der Waals surface area contributed by atoms with Crippen molar-refractivity contribution < 1.29 is 33.8 Å². The molecular formula is C16H18N5O8P. The highest BCUT2D eigenvalue weighted by Gasteiger charge is 2.46. The minimum absolute atomic E-state index is 0.00269. The monoisotopic (exact) mass is 439 g/mol. The molecule has 0 radical (unpaired) electrons. The number of hydrogen-bond donors (Lipinski definition) is 6. The molecule has 160 valence electrons. The molecule has 14 heteroatoms. The lowest BCUT2D eigenvalue weighted by Crippen LogP contribution is -2.33. The first-order chi connectivity index (χ1) is 14.2. The van der Waals surface area contributed by atoms with Gasteiger partial charge in [0.25, 0.3) is 5.56 Å². The summed E-state index contributed by atoms with van der Waals surface area (Å²) in [5.41, 5.74) is 5.55. The average molecular weight is 439 g/mol. The third-order valence-electron chi connectivity index (χ3n) is 4.60. The Kier molecular flexibility index (Phi) is 5.20. The van der Waals surface area contributed by atoms with E-state index in [1.165, 1.54) is 4.57 Å². The second-order valence-corrected chi connectivity index (χ2v) is 7.87. The van der Waals surface area contributed by atoms with Crippen LogP contribution in [-0.2, 0) is 13.8 Å². The van der Waals surface area contributed by atoms with E-state index in [4.69, 9.17) is 20.3 Å². The van der Waals surface area contributed by atoms with Crippen molar-refractivity contribution in [3.8, 4) is 11.4 Å². The number of aliphatic hydroxyl groups excluding tert-OH is 2. The molecule has 0 spiro atoms. The first-order valence-corrected chi connectivity index (χ1v) is 10.2. The van der Waals surface area contributed by atoms with Gasteiger partial charge in [-0.3, -0.25) is 18.9 Å². The molecule has 1 aromatic carbocycles. The Balaban J connectivity index is 1.83. The number of H-pyrrole nitrogens is 1. The zero-order valence-corrected chi connectivity index (χ0v) is 16.1. The SMILES string of the molecule is Nc1nc2c(nc(-c3ccccc3)n2[C@@H]2O[C@H](COP(=O)(O)O)[C@@H](O)[C@H]2O)c(=O)[nH]1. The Morgan fingerprint density at radius 1 is 1.20 bits per heavy atom. The maximum Gasteiger partial charge on any atom is 0.469 e. The number of anilines is 1. The van der Waals surface area contributed by atoms with Crippen LogP contribution in [0.5, 0.6) is 0 Å². The van der Waals surface area contributed by atoms with Crippen molar-refractivity contribution >= 4 is 24.9 Å². The fourth-order valence-electron chi connectivity index (χ4n) is 3.28. The summed E-state index contributed by atoms with van der Waals surface area (Å²) in [5.74, 6) is 0.0182. The highest BCUT2D eigenvalue weighted by atomic mass is 31.2. The zero-order chi connectivity index (χ0) is 21.6. The number of nitrogens with zero attached hydrogens (tertiary/aromatic N) is 3. The fraction of sp³-hybridized carbons (Fsp3) is 0.312. The summed E-state index contributed by atoms with van der Waals surface area (Å²) in [5, 5.41) is 20.9. The Hall–Kier alpha value is -2.64. The molecule has 13 nitrogen and oxygen atoms in total. The van der Waals surface area contributed by atoms with Crippen LogP contribution < -0.4 is 11.3 Å². The summed E-state index contributed by atoms with van der Waals surface area (Å²) in [6.45, 7) is -0.678. The van der Waals surface area contributed by atoms with E-state index in [9.17, 15) is 19.6 Å². The third kappa shape index (κ3) is 3.75. The van der Waals surface area contributed by atoms with E-state index in [2.05, 4.69) is 19.5 Å². The van der Waals surface area contributed by atoms with Gasteiger partial charge < -0.3 is 30.5 Å². The van der Waals surface area contributed by atoms with E-state index in [1.807, 2.05) is 0 Å². The molecule has 1 fully saturated rings. The van der Waals surface area contributed by atoms with Crippen LogP contribution in [0.25, 0.3) is 22.6 Å². The van der Waals surface area contributed by atoms with Crippen molar-refractivity contribution in [2.24, 2.45) is 0 Å². The van der Waals surface area contributed by atoms with E-state index in [0.717, 1.165) is 0 Å². The van der Waals surface area contributed by atoms with Gasteiger partial charge >= 0.3 is 7.82 Å². The molecule has 0 unspecified atom stereocenters. The van der Waals surface area contributed by atoms with Crippen LogP contribution in [0.4, 0.5) is 5.95 Å². The standard InChI is InChI=1S/C16H18N5O8P/c17-16-19-13-9(14(24)20-16)18-12(7-4-2-1-3-5-7)21(13)15-11(23)10(22)8(29-15)6-28-30(25,26)27/h1-5,8,10-11,15,22-23H,6H2,(H2,25,26,27)(H3,17,19,20,24)/t8-,10-,11-,15-/m1/s1. The largest absolute Gasteiger partial charge is 0.469 e. The van der Waals surface area contributed by atoms with E-state index < -0.39 is 44.5 Å². The summed E-state index contributed by atoms with van der Waals surface area (Å²) in [6.07, 6.45) is -5.64. The topological polar surface area (TPSA) is 206 Å². The van der Waals surface area contributed by atoms with Crippen LogP contribution in [0.2, 0.25) is 0 Å². The Labute approximate surface area is 168 Å². The summed E-state index contributed by atoms with van der Waals surface area (Å²) in [4.78, 5) is 40.8. The minimum atomic E-state index is -4.82. The Bertz CT molecular complexity index is 1180. The van der Waals surface area contributed by atoms with Gasteiger partial charge in [-0.2, -0.15) is 4.98 Å². The van der Waals surface area contributed by atoms with Crippen molar-refractivity contribution in [3.63, 3.8) is 0 Å².